The highest BCUT2D eigenvalue weighted by Gasteiger charge is 2.42. The molecule has 0 aromatic heterocycles. The molecule has 0 spiro atoms. The molecule has 0 aliphatic carbocycles. The maximum Gasteiger partial charge on any atom is 0.172 e. The lowest BCUT2D eigenvalue weighted by Gasteiger charge is -2.26. The third-order valence-electron chi connectivity index (χ3n) is 2.41. The zero-order valence-electron chi connectivity index (χ0n) is 8.81. The van der Waals surface area contributed by atoms with Crippen LogP contribution in [0.5, 0.6) is 0 Å². The lowest BCUT2D eigenvalue weighted by Crippen LogP contribution is -2.35. The Balaban J connectivity index is 3.23. The molecule has 90 valence electrons. The number of hydrogen-bond acceptors (Lipinski definition) is 3. The van der Waals surface area contributed by atoms with Gasteiger partial charge in [-0.25, -0.2) is 12.8 Å². The molecule has 0 amide bonds. The molecule has 6 heteroatoms. The van der Waals surface area contributed by atoms with Gasteiger partial charge in [-0.3, -0.25) is 0 Å². The van der Waals surface area contributed by atoms with Crippen LogP contribution >= 0.6 is 11.6 Å². The van der Waals surface area contributed by atoms with Crippen molar-refractivity contribution in [3.05, 3.63) is 35.6 Å². The van der Waals surface area contributed by atoms with Gasteiger partial charge in [-0.2, -0.15) is 0 Å². The van der Waals surface area contributed by atoms with E-state index >= 15 is 0 Å². The maximum absolute atomic E-state index is 13.3. The Morgan fingerprint density at radius 1 is 1.44 bits per heavy atom. The summed E-state index contributed by atoms with van der Waals surface area (Å²) < 4.78 is 34.1. The van der Waals surface area contributed by atoms with E-state index in [9.17, 15) is 17.9 Å². The average molecular weight is 267 g/mol. The molecule has 3 nitrogen and oxygen atoms in total. The first-order valence-electron chi connectivity index (χ1n) is 4.49. The molecule has 0 fully saturated rings. The molecule has 0 saturated carbocycles. The second-order valence-corrected chi connectivity index (χ2v) is 7.08. The molecule has 0 heterocycles. The highest BCUT2D eigenvalue weighted by molar-refractivity contribution is 7.93. The molecule has 1 rings (SSSR count). The molecule has 2 atom stereocenters. The first-order valence-corrected chi connectivity index (χ1v) is 6.76. The number of aliphatic hydroxyl groups excluding tert-OH is 1. The number of aliphatic hydroxyl groups is 1. The van der Waals surface area contributed by atoms with Crippen molar-refractivity contribution in [1.82, 2.24) is 0 Å². The van der Waals surface area contributed by atoms with Crippen LogP contribution < -0.4 is 0 Å². The summed E-state index contributed by atoms with van der Waals surface area (Å²) >= 11 is 5.76. The molecule has 0 radical (unpaired) electrons. The first kappa shape index (κ1) is 13.4. The second-order valence-electron chi connectivity index (χ2n) is 3.68. The van der Waals surface area contributed by atoms with Crippen LogP contribution in [0.4, 0.5) is 4.39 Å². The fourth-order valence-corrected chi connectivity index (χ4v) is 1.83. The maximum atomic E-state index is 13.3. The zero-order valence-corrected chi connectivity index (χ0v) is 10.4. The molecule has 0 aliphatic rings. The first-order chi connectivity index (χ1) is 7.18. The van der Waals surface area contributed by atoms with E-state index in [0.717, 1.165) is 19.2 Å². The summed E-state index contributed by atoms with van der Waals surface area (Å²) in [5.74, 6) is -0.689. The fourth-order valence-electron chi connectivity index (χ4n) is 1.18. The molecular weight excluding hydrogens is 255 g/mol. The summed E-state index contributed by atoms with van der Waals surface area (Å²) in [7, 11) is -3.72. The van der Waals surface area contributed by atoms with Crippen molar-refractivity contribution < 1.29 is 17.9 Å². The lowest BCUT2D eigenvalue weighted by molar-refractivity contribution is 0.158. The monoisotopic (exact) mass is 266 g/mol. The quantitative estimate of drug-likeness (QED) is 0.850. The molecular formula is C10H12ClFO3S. The SMILES string of the molecule is CC(Cl)(C(O)c1ccccc1F)S(C)(=O)=O. The summed E-state index contributed by atoms with van der Waals surface area (Å²) in [6.45, 7) is 1.14. The molecule has 1 N–H and O–H groups in total. The molecule has 2 unspecified atom stereocenters. The zero-order chi connectivity index (χ0) is 12.6. The van der Waals surface area contributed by atoms with Crippen LogP contribution in [-0.2, 0) is 9.84 Å². The van der Waals surface area contributed by atoms with Crippen molar-refractivity contribution >= 4 is 21.4 Å². The van der Waals surface area contributed by atoms with E-state index in [1.54, 1.807) is 0 Å². The highest BCUT2D eigenvalue weighted by Crippen LogP contribution is 2.36. The molecule has 1 aromatic rings. The fraction of sp³-hybridized carbons (Fsp3) is 0.400. The van der Waals surface area contributed by atoms with E-state index in [-0.39, 0.29) is 5.56 Å². The number of benzene rings is 1. The van der Waals surface area contributed by atoms with Crippen LogP contribution in [0.25, 0.3) is 0 Å². The van der Waals surface area contributed by atoms with Gasteiger partial charge in [0.25, 0.3) is 0 Å². The van der Waals surface area contributed by atoms with Crippen molar-refractivity contribution in [3.63, 3.8) is 0 Å². The number of hydrogen-bond donors (Lipinski definition) is 1. The average Bonchev–Trinajstić information content (AvgIpc) is 2.15. The minimum atomic E-state index is -3.72. The van der Waals surface area contributed by atoms with Crippen LogP contribution in [0.3, 0.4) is 0 Å². The third-order valence-corrected chi connectivity index (χ3v) is 5.13. The molecule has 0 saturated heterocycles. The van der Waals surface area contributed by atoms with Crippen molar-refractivity contribution in [2.45, 2.75) is 17.2 Å². The summed E-state index contributed by atoms with van der Waals surface area (Å²) in [6, 6.07) is 5.37. The minimum Gasteiger partial charge on any atom is -0.385 e. The van der Waals surface area contributed by atoms with Crippen LogP contribution in [0.15, 0.2) is 24.3 Å². The van der Waals surface area contributed by atoms with Gasteiger partial charge < -0.3 is 5.11 Å². The van der Waals surface area contributed by atoms with Gasteiger partial charge in [0, 0.05) is 11.8 Å². The summed E-state index contributed by atoms with van der Waals surface area (Å²) in [4.78, 5) is 0. The molecule has 1 aromatic carbocycles. The number of halogens is 2. The lowest BCUT2D eigenvalue weighted by atomic mass is 10.1. The van der Waals surface area contributed by atoms with E-state index in [1.165, 1.54) is 18.2 Å². The van der Waals surface area contributed by atoms with Crippen LogP contribution in [0.2, 0.25) is 0 Å². The van der Waals surface area contributed by atoms with Gasteiger partial charge in [-0.15, -0.1) is 0 Å². The van der Waals surface area contributed by atoms with Gasteiger partial charge in [-0.05, 0) is 13.0 Å². The van der Waals surface area contributed by atoms with Crippen molar-refractivity contribution in [1.29, 1.82) is 0 Å². The van der Waals surface area contributed by atoms with Crippen LogP contribution in [0.1, 0.15) is 18.6 Å². The van der Waals surface area contributed by atoms with Gasteiger partial charge in [0.2, 0.25) is 0 Å². The van der Waals surface area contributed by atoms with E-state index in [2.05, 4.69) is 0 Å². The Labute approximate surface area is 98.8 Å². The summed E-state index contributed by atoms with van der Waals surface area (Å²) in [5.41, 5.74) is -0.134. The van der Waals surface area contributed by atoms with Crippen LogP contribution in [0, 0.1) is 5.82 Å². The number of rotatable bonds is 3. The smallest absolute Gasteiger partial charge is 0.172 e. The van der Waals surface area contributed by atoms with E-state index in [4.69, 9.17) is 11.6 Å². The minimum absolute atomic E-state index is 0.134. The summed E-state index contributed by atoms with van der Waals surface area (Å²) in [6.07, 6.45) is -0.727. The Bertz CT molecular complexity index is 485. The van der Waals surface area contributed by atoms with E-state index in [0.29, 0.717) is 0 Å². The van der Waals surface area contributed by atoms with Crippen molar-refractivity contribution in [2.75, 3.05) is 6.26 Å². The van der Waals surface area contributed by atoms with Crippen molar-refractivity contribution in [2.24, 2.45) is 0 Å². The van der Waals surface area contributed by atoms with Gasteiger partial charge in [0.1, 0.15) is 11.9 Å². The van der Waals surface area contributed by atoms with E-state index < -0.39 is 26.0 Å². The molecule has 0 aliphatic heterocycles. The predicted octanol–water partition coefficient (Wildman–Crippen LogP) is 1.86. The predicted molar refractivity (Wildman–Crippen MR) is 60.5 cm³/mol. The normalized spacial score (nSPS) is 17.8. The van der Waals surface area contributed by atoms with E-state index in [1.807, 2.05) is 0 Å². The van der Waals surface area contributed by atoms with Gasteiger partial charge in [-0.1, -0.05) is 29.8 Å². The Morgan fingerprint density at radius 3 is 2.38 bits per heavy atom. The topological polar surface area (TPSA) is 54.4 Å². The van der Waals surface area contributed by atoms with Gasteiger partial charge in [0.05, 0.1) is 0 Å². The summed E-state index contributed by atoms with van der Waals surface area (Å²) in [5, 5.41) is 9.81. The Kier molecular flexibility index (Phi) is 3.62. The third kappa shape index (κ3) is 2.36. The standard InChI is InChI=1S/C10H12ClFO3S/c1-10(11,16(2,14)15)9(13)7-5-3-4-6-8(7)12/h3-6,9,13H,1-2H3. The Hall–Kier alpha value is -0.650. The van der Waals surface area contributed by atoms with Crippen molar-refractivity contribution in [3.8, 4) is 0 Å². The molecule has 16 heavy (non-hydrogen) atoms. The second kappa shape index (κ2) is 4.31. The highest BCUT2D eigenvalue weighted by atomic mass is 35.5. The number of sulfone groups is 1. The Morgan fingerprint density at radius 2 is 1.94 bits per heavy atom. The number of alkyl halides is 1. The van der Waals surface area contributed by atoms with Gasteiger partial charge >= 0.3 is 0 Å². The largest absolute Gasteiger partial charge is 0.385 e. The molecule has 0 bridgehead atoms. The van der Waals surface area contributed by atoms with Gasteiger partial charge in [0.15, 0.2) is 14.0 Å². The van der Waals surface area contributed by atoms with Crippen LogP contribution in [-0.4, -0.2) is 24.0 Å².